The van der Waals surface area contributed by atoms with Crippen LogP contribution in [0.15, 0.2) is 17.2 Å². The van der Waals surface area contributed by atoms with Gasteiger partial charge in [-0.3, -0.25) is 0 Å². The Kier molecular flexibility index (Phi) is 4.85. The van der Waals surface area contributed by atoms with E-state index in [9.17, 15) is 8.42 Å². The van der Waals surface area contributed by atoms with E-state index in [2.05, 4.69) is 19.9 Å². The molecule has 112 valence electrons. The van der Waals surface area contributed by atoms with Gasteiger partial charge in [0.25, 0.3) is 0 Å². The minimum Gasteiger partial charge on any atom is -0.372 e. The van der Waals surface area contributed by atoms with E-state index in [-0.39, 0.29) is 16.0 Å². The second kappa shape index (κ2) is 6.26. The van der Waals surface area contributed by atoms with Crippen molar-refractivity contribution in [1.29, 1.82) is 0 Å². The predicted molar refractivity (Wildman–Crippen MR) is 79.6 cm³/mol. The van der Waals surface area contributed by atoms with Crippen molar-refractivity contribution in [2.24, 2.45) is 0 Å². The van der Waals surface area contributed by atoms with Crippen LogP contribution in [0.2, 0.25) is 5.02 Å². The second-order valence-corrected chi connectivity index (χ2v) is 7.10. The summed E-state index contributed by atoms with van der Waals surface area (Å²) < 4.78 is 27.3. The molecule has 0 amide bonds. The maximum Gasteiger partial charge on any atom is 0.242 e. The van der Waals surface area contributed by atoms with Gasteiger partial charge in [0.1, 0.15) is 10.7 Å². The van der Waals surface area contributed by atoms with Crippen molar-refractivity contribution >= 4 is 27.4 Å². The van der Waals surface area contributed by atoms with Crippen molar-refractivity contribution in [3.05, 3.63) is 17.3 Å². The van der Waals surface area contributed by atoms with E-state index in [0.29, 0.717) is 5.82 Å². The molecule has 1 saturated heterocycles. The van der Waals surface area contributed by atoms with Crippen LogP contribution in [0.3, 0.4) is 0 Å². The lowest BCUT2D eigenvalue weighted by molar-refractivity contribution is 0.242. The van der Waals surface area contributed by atoms with Gasteiger partial charge in [-0.2, -0.15) is 0 Å². The van der Waals surface area contributed by atoms with E-state index in [1.807, 2.05) is 7.05 Å². The average Bonchev–Trinajstić information content (AvgIpc) is 2.38. The number of nitrogens with zero attached hydrogens (tertiary/aromatic N) is 2. The number of likely N-dealkylation sites (tertiary alicyclic amines) is 1. The molecule has 1 atom stereocenters. The molecular weight excluding hydrogens is 300 g/mol. The van der Waals surface area contributed by atoms with Crippen LogP contribution in [0.25, 0.3) is 0 Å². The van der Waals surface area contributed by atoms with Crippen LogP contribution in [0.1, 0.15) is 12.8 Å². The summed E-state index contributed by atoms with van der Waals surface area (Å²) in [6, 6.07) is 1.34. The highest BCUT2D eigenvalue weighted by Gasteiger charge is 2.24. The number of hydrogen-bond donors (Lipinski definition) is 2. The van der Waals surface area contributed by atoms with Crippen LogP contribution in [0.5, 0.6) is 0 Å². The topological polar surface area (TPSA) is 74.3 Å². The van der Waals surface area contributed by atoms with E-state index >= 15 is 0 Å². The minimum atomic E-state index is -3.58. The van der Waals surface area contributed by atoms with Gasteiger partial charge in [0, 0.05) is 25.8 Å². The van der Waals surface area contributed by atoms with Gasteiger partial charge >= 0.3 is 0 Å². The van der Waals surface area contributed by atoms with E-state index in [1.165, 1.54) is 12.3 Å². The maximum atomic E-state index is 12.3. The van der Waals surface area contributed by atoms with Crippen molar-refractivity contribution in [3.8, 4) is 0 Å². The molecule has 8 heteroatoms. The summed E-state index contributed by atoms with van der Waals surface area (Å²) in [7, 11) is 0.0836. The number of hydrogen-bond acceptors (Lipinski definition) is 5. The molecule has 20 heavy (non-hydrogen) atoms. The Morgan fingerprint density at radius 1 is 1.50 bits per heavy atom. The summed E-state index contributed by atoms with van der Waals surface area (Å²) in [5, 5.41) is 3.08. The molecule has 6 nitrogen and oxygen atoms in total. The molecule has 1 aliphatic rings. The lowest BCUT2D eigenvalue weighted by Gasteiger charge is -2.29. The second-order valence-electron chi connectivity index (χ2n) is 4.97. The van der Waals surface area contributed by atoms with Gasteiger partial charge in [0.15, 0.2) is 0 Å². The SMILES string of the molecule is CNc1ncc(S(=O)(=O)NC2CCCN(C)C2)cc1Cl. The number of piperidine rings is 1. The van der Waals surface area contributed by atoms with E-state index in [1.54, 1.807) is 7.05 Å². The first-order chi connectivity index (χ1) is 9.42. The van der Waals surface area contributed by atoms with Crippen molar-refractivity contribution < 1.29 is 8.42 Å². The molecule has 1 aromatic heterocycles. The lowest BCUT2D eigenvalue weighted by Crippen LogP contribution is -2.46. The normalized spacial score (nSPS) is 20.9. The fourth-order valence-corrected chi connectivity index (χ4v) is 3.86. The van der Waals surface area contributed by atoms with E-state index in [4.69, 9.17) is 11.6 Å². The number of anilines is 1. The molecule has 0 radical (unpaired) electrons. The molecule has 2 N–H and O–H groups in total. The van der Waals surface area contributed by atoms with E-state index < -0.39 is 10.0 Å². The summed E-state index contributed by atoms with van der Waals surface area (Å²) in [6.45, 7) is 1.72. The third-order valence-corrected chi connectivity index (χ3v) is 5.09. The summed E-state index contributed by atoms with van der Waals surface area (Å²) in [4.78, 5) is 6.21. The van der Waals surface area contributed by atoms with Crippen LogP contribution in [0, 0.1) is 0 Å². The smallest absolute Gasteiger partial charge is 0.242 e. The minimum absolute atomic E-state index is 0.0681. The zero-order valence-electron chi connectivity index (χ0n) is 11.6. The first-order valence-corrected chi connectivity index (χ1v) is 8.32. The number of rotatable bonds is 4. The van der Waals surface area contributed by atoms with Crippen molar-refractivity contribution in [2.45, 2.75) is 23.8 Å². The molecule has 2 rings (SSSR count). The zero-order chi connectivity index (χ0) is 14.8. The van der Waals surface area contributed by atoms with Crippen molar-refractivity contribution in [2.75, 3.05) is 32.5 Å². The fraction of sp³-hybridized carbons (Fsp3) is 0.583. The van der Waals surface area contributed by atoms with E-state index in [0.717, 1.165) is 25.9 Å². The number of nitrogens with one attached hydrogen (secondary N) is 2. The molecule has 0 spiro atoms. The third-order valence-electron chi connectivity index (χ3n) is 3.31. The lowest BCUT2D eigenvalue weighted by atomic mass is 10.1. The highest BCUT2D eigenvalue weighted by molar-refractivity contribution is 7.89. The third kappa shape index (κ3) is 3.60. The number of sulfonamides is 1. The van der Waals surface area contributed by atoms with Crippen LogP contribution < -0.4 is 10.0 Å². The van der Waals surface area contributed by atoms with Crippen LogP contribution in [-0.4, -0.2) is 51.5 Å². The van der Waals surface area contributed by atoms with Crippen LogP contribution >= 0.6 is 11.6 Å². The maximum absolute atomic E-state index is 12.3. The highest BCUT2D eigenvalue weighted by atomic mass is 35.5. The first-order valence-electron chi connectivity index (χ1n) is 6.46. The van der Waals surface area contributed by atoms with Gasteiger partial charge in [-0.1, -0.05) is 11.6 Å². The average molecular weight is 319 g/mol. The Morgan fingerprint density at radius 3 is 2.85 bits per heavy atom. The largest absolute Gasteiger partial charge is 0.372 e. The Morgan fingerprint density at radius 2 is 2.25 bits per heavy atom. The quantitative estimate of drug-likeness (QED) is 0.871. The molecule has 1 aromatic rings. The number of pyridine rings is 1. The molecule has 0 aliphatic carbocycles. The number of aromatic nitrogens is 1. The van der Waals surface area contributed by atoms with Gasteiger partial charge in [-0.15, -0.1) is 0 Å². The summed E-state index contributed by atoms with van der Waals surface area (Å²) in [6.07, 6.45) is 3.15. The molecular formula is C12H19ClN4O2S. The molecule has 0 bridgehead atoms. The van der Waals surface area contributed by atoms with Gasteiger partial charge in [0.2, 0.25) is 10.0 Å². The summed E-state index contributed by atoms with van der Waals surface area (Å²) in [5.74, 6) is 0.461. The Labute approximate surface area is 124 Å². The van der Waals surface area contributed by atoms with Crippen molar-refractivity contribution in [3.63, 3.8) is 0 Å². The Balaban J connectivity index is 2.15. The molecule has 0 saturated carbocycles. The van der Waals surface area contributed by atoms with Crippen molar-refractivity contribution in [1.82, 2.24) is 14.6 Å². The fourth-order valence-electron chi connectivity index (χ4n) is 2.30. The van der Waals surface area contributed by atoms with Gasteiger partial charge < -0.3 is 10.2 Å². The van der Waals surface area contributed by atoms with Crippen LogP contribution in [0.4, 0.5) is 5.82 Å². The molecule has 0 aromatic carbocycles. The summed E-state index contributed by atoms with van der Waals surface area (Å²) >= 11 is 5.98. The van der Waals surface area contributed by atoms with Crippen LogP contribution in [-0.2, 0) is 10.0 Å². The molecule has 1 unspecified atom stereocenters. The predicted octanol–water partition coefficient (Wildman–Crippen LogP) is 1.15. The zero-order valence-corrected chi connectivity index (χ0v) is 13.1. The molecule has 1 aliphatic heterocycles. The highest BCUT2D eigenvalue weighted by Crippen LogP contribution is 2.22. The van der Waals surface area contributed by atoms with Gasteiger partial charge in [-0.25, -0.2) is 18.1 Å². The number of halogens is 1. The summed E-state index contributed by atoms with van der Waals surface area (Å²) in [5.41, 5.74) is 0. The van der Waals surface area contributed by atoms with Gasteiger partial charge in [-0.05, 0) is 32.5 Å². The number of likely N-dealkylation sites (N-methyl/N-ethyl adjacent to an activating group) is 1. The van der Waals surface area contributed by atoms with Gasteiger partial charge in [0.05, 0.1) is 5.02 Å². The molecule has 1 fully saturated rings. The monoisotopic (exact) mass is 318 g/mol. The first kappa shape index (κ1) is 15.5. The Hall–Kier alpha value is -0.890. The standard InChI is InChI=1S/C12H19ClN4O2S/c1-14-12-11(13)6-10(7-15-12)20(18,19)16-9-4-3-5-17(2)8-9/h6-7,9,16H,3-5,8H2,1-2H3,(H,14,15). The molecule has 2 heterocycles. The Bertz CT molecular complexity index is 579.